The number of nitrogens with one attached hydrogen (secondary N) is 1. The van der Waals surface area contributed by atoms with E-state index in [1.165, 1.54) is 43.7 Å². The second-order valence-electron chi connectivity index (χ2n) is 8.10. The molecule has 0 aromatic heterocycles. The third-order valence-corrected chi connectivity index (χ3v) is 6.35. The number of alkyl halides is 6. The van der Waals surface area contributed by atoms with Crippen LogP contribution in [0.1, 0.15) is 32.3 Å². The Balaban J connectivity index is 1.99. The van der Waals surface area contributed by atoms with Crippen molar-refractivity contribution in [1.29, 1.82) is 0 Å². The third-order valence-electron chi connectivity index (χ3n) is 5.36. The number of ether oxygens (including phenoxy) is 2. The molecule has 0 saturated carbocycles. The van der Waals surface area contributed by atoms with Gasteiger partial charge in [0.05, 0.1) is 19.1 Å². The van der Waals surface area contributed by atoms with Crippen LogP contribution in [0.15, 0.2) is 60.7 Å². The maximum absolute atomic E-state index is 13.9. The molecule has 2 N–H and O–H groups in total. The summed E-state index contributed by atoms with van der Waals surface area (Å²) in [6, 6.07) is 11.1. The highest BCUT2D eigenvalue weighted by molar-refractivity contribution is 7.98. The van der Waals surface area contributed by atoms with Crippen LogP contribution in [0.4, 0.5) is 32.0 Å². The number of thioether (sulfide) groups is 1. The normalized spacial score (nSPS) is 12.5. The van der Waals surface area contributed by atoms with E-state index in [0.29, 0.717) is 17.3 Å². The molecule has 0 spiro atoms. The number of carbonyl (C=O) groups is 2. The van der Waals surface area contributed by atoms with Crippen LogP contribution in [-0.4, -0.2) is 36.5 Å². The van der Waals surface area contributed by atoms with Gasteiger partial charge in [0.15, 0.2) is 11.5 Å². The Labute approximate surface area is 222 Å². The van der Waals surface area contributed by atoms with Crippen molar-refractivity contribution in [2.24, 2.45) is 0 Å². The lowest BCUT2D eigenvalue weighted by molar-refractivity contribution is -0.138. The van der Waals surface area contributed by atoms with Crippen LogP contribution in [0.5, 0.6) is 17.2 Å². The van der Waals surface area contributed by atoms with Gasteiger partial charge in [-0.2, -0.15) is 26.3 Å². The van der Waals surface area contributed by atoms with Gasteiger partial charge in [-0.25, -0.2) is 0 Å². The molecule has 0 fully saturated rings. The molecule has 208 valence electrons. The Morgan fingerprint density at radius 3 is 2.10 bits per heavy atom. The first-order valence-electron chi connectivity index (χ1n) is 11.0. The maximum Gasteiger partial charge on any atom is 0.416 e. The molecule has 0 heterocycles. The lowest BCUT2D eigenvalue weighted by Crippen LogP contribution is -2.19. The topological polar surface area (TPSA) is 84.9 Å². The van der Waals surface area contributed by atoms with Crippen molar-refractivity contribution < 1.29 is 50.5 Å². The summed E-state index contributed by atoms with van der Waals surface area (Å²) in [7, 11) is 1.31. The maximum atomic E-state index is 13.9. The van der Waals surface area contributed by atoms with Crippen molar-refractivity contribution in [2.75, 3.05) is 18.7 Å². The summed E-state index contributed by atoms with van der Waals surface area (Å²) in [6.45, 7) is 0. The summed E-state index contributed by atoms with van der Waals surface area (Å²) in [6.07, 6.45) is -8.44. The first kappa shape index (κ1) is 29.7. The van der Waals surface area contributed by atoms with Crippen molar-refractivity contribution in [3.63, 3.8) is 0 Å². The molecule has 0 aliphatic rings. The molecule has 0 radical (unpaired) electrons. The number of rotatable bonds is 9. The number of hydrogen-bond donors (Lipinski definition) is 2. The molecule has 1 atom stereocenters. The Morgan fingerprint density at radius 2 is 1.56 bits per heavy atom. The number of amides is 1. The van der Waals surface area contributed by atoms with Crippen LogP contribution in [0.25, 0.3) is 0 Å². The molecule has 0 aliphatic heterocycles. The zero-order chi connectivity index (χ0) is 29.0. The predicted octanol–water partition coefficient (Wildman–Crippen LogP) is 7.35. The van der Waals surface area contributed by atoms with Crippen LogP contribution >= 0.6 is 11.8 Å². The van der Waals surface area contributed by atoms with Gasteiger partial charge in [0.1, 0.15) is 11.0 Å². The number of methoxy groups -OCH3 is 1. The molecular weight excluding hydrogens is 552 g/mol. The molecule has 3 aromatic carbocycles. The first-order valence-corrected chi connectivity index (χ1v) is 12.3. The Bertz CT molecular complexity index is 1340. The standard InChI is InChI=1S/C26H21F6NO5S/c1-37-20-9-3-14(12-22(34)35)11-21(20)38-19-10-8-17(13-18(19)23(39-2)26(30,31)32)33-24(36)15-4-6-16(7-5-15)25(27,28)29/h3-11,13,23H,12H2,1-2H3,(H,33,36)(H,34,35). The molecule has 0 aliphatic carbocycles. The van der Waals surface area contributed by atoms with E-state index >= 15 is 0 Å². The number of aliphatic carboxylic acids is 1. The summed E-state index contributed by atoms with van der Waals surface area (Å²) < 4.78 is 91.1. The summed E-state index contributed by atoms with van der Waals surface area (Å²) in [5, 5.41) is 9.37. The van der Waals surface area contributed by atoms with E-state index in [9.17, 15) is 35.9 Å². The fraction of sp³-hybridized carbons (Fsp3) is 0.231. The van der Waals surface area contributed by atoms with Gasteiger partial charge in [-0.05, 0) is 66.4 Å². The van der Waals surface area contributed by atoms with Crippen LogP contribution < -0.4 is 14.8 Å². The summed E-state index contributed by atoms with van der Waals surface area (Å²) in [4.78, 5) is 23.7. The van der Waals surface area contributed by atoms with Gasteiger partial charge >= 0.3 is 18.3 Å². The molecular formula is C26H21F6NO5S. The number of carbonyl (C=O) groups excluding carboxylic acids is 1. The van der Waals surface area contributed by atoms with Gasteiger partial charge in [-0.1, -0.05) is 6.07 Å². The van der Waals surface area contributed by atoms with Crippen molar-refractivity contribution in [3.8, 4) is 17.2 Å². The average Bonchev–Trinajstić information content (AvgIpc) is 2.84. The van der Waals surface area contributed by atoms with E-state index < -0.39 is 35.0 Å². The van der Waals surface area contributed by atoms with Crippen LogP contribution in [0, 0.1) is 0 Å². The molecule has 1 amide bonds. The highest BCUT2D eigenvalue weighted by Crippen LogP contribution is 2.47. The van der Waals surface area contributed by atoms with Crippen LogP contribution in [-0.2, 0) is 17.4 Å². The SMILES string of the molecule is COc1ccc(CC(=O)O)cc1Oc1ccc(NC(=O)c2ccc(C(F)(F)F)cc2)cc1C(SC)C(F)(F)F. The van der Waals surface area contributed by atoms with Crippen molar-refractivity contribution >= 4 is 29.3 Å². The quantitative estimate of drug-likeness (QED) is 0.261. The van der Waals surface area contributed by atoms with E-state index in [0.717, 1.165) is 30.3 Å². The highest BCUT2D eigenvalue weighted by Gasteiger charge is 2.42. The molecule has 6 nitrogen and oxygen atoms in total. The minimum Gasteiger partial charge on any atom is -0.493 e. The average molecular weight is 574 g/mol. The number of hydrogen-bond acceptors (Lipinski definition) is 5. The monoisotopic (exact) mass is 573 g/mol. The molecule has 0 bridgehead atoms. The molecule has 1 unspecified atom stereocenters. The van der Waals surface area contributed by atoms with Gasteiger partial charge in [-0.3, -0.25) is 9.59 Å². The van der Waals surface area contributed by atoms with E-state index in [1.807, 2.05) is 0 Å². The molecule has 39 heavy (non-hydrogen) atoms. The minimum atomic E-state index is -4.72. The van der Waals surface area contributed by atoms with Gasteiger partial charge in [0.25, 0.3) is 5.91 Å². The number of carboxylic acids is 1. The van der Waals surface area contributed by atoms with Gasteiger partial charge < -0.3 is 19.9 Å². The molecule has 3 rings (SSSR count). The van der Waals surface area contributed by atoms with Crippen LogP contribution in [0.3, 0.4) is 0 Å². The number of anilines is 1. The lowest BCUT2D eigenvalue weighted by Gasteiger charge is -2.23. The van der Waals surface area contributed by atoms with E-state index in [2.05, 4.69) is 5.32 Å². The van der Waals surface area contributed by atoms with E-state index in [-0.39, 0.29) is 40.5 Å². The molecule has 0 saturated heterocycles. The largest absolute Gasteiger partial charge is 0.493 e. The Morgan fingerprint density at radius 1 is 0.923 bits per heavy atom. The Kier molecular flexibility index (Phi) is 9.05. The zero-order valence-electron chi connectivity index (χ0n) is 20.3. The summed E-state index contributed by atoms with van der Waals surface area (Å²) in [5.74, 6) is -2.08. The summed E-state index contributed by atoms with van der Waals surface area (Å²) in [5.41, 5.74) is -1.19. The second-order valence-corrected chi connectivity index (χ2v) is 9.04. The van der Waals surface area contributed by atoms with Gasteiger partial charge in [0, 0.05) is 16.8 Å². The van der Waals surface area contributed by atoms with Crippen molar-refractivity contribution in [1.82, 2.24) is 0 Å². The molecule has 13 heteroatoms. The van der Waals surface area contributed by atoms with Crippen molar-refractivity contribution in [3.05, 3.63) is 82.9 Å². The second kappa shape index (κ2) is 11.9. The summed E-state index contributed by atoms with van der Waals surface area (Å²) >= 11 is 0.471. The fourth-order valence-corrected chi connectivity index (χ4v) is 4.28. The minimum absolute atomic E-state index is 0.0268. The van der Waals surface area contributed by atoms with Crippen molar-refractivity contribution in [2.45, 2.75) is 24.0 Å². The number of benzene rings is 3. The predicted molar refractivity (Wildman–Crippen MR) is 133 cm³/mol. The van der Waals surface area contributed by atoms with Crippen LogP contribution in [0.2, 0.25) is 0 Å². The Hall–Kier alpha value is -3.87. The lowest BCUT2D eigenvalue weighted by atomic mass is 10.1. The fourth-order valence-electron chi connectivity index (χ4n) is 3.58. The third kappa shape index (κ3) is 7.59. The highest BCUT2D eigenvalue weighted by atomic mass is 32.2. The number of carboxylic acid groups (broad SMARTS) is 1. The number of halogens is 6. The van der Waals surface area contributed by atoms with E-state index in [1.54, 1.807) is 0 Å². The first-order chi connectivity index (χ1) is 18.2. The van der Waals surface area contributed by atoms with Gasteiger partial charge in [0.2, 0.25) is 0 Å². The van der Waals surface area contributed by atoms with E-state index in [4.69, 9.17) is 14.6 Å². The smallest absolute Gasteiger partial charge is 0.416 e. The molecule has 3 aromatic rings. The zero-order valence-corrected chi connectivity index (χ0v) is 21.1. The van der Waals surface area contributed by atoms with Gasteiger partial charge in [-0.15, -0.1) is 11.8 Å².